The van der Waals surface area contributed by atoms with Gasteiger partial charge in [-0.2, -0.15) is 4.39 Å². The molecular formula is C23H27F3O2. The maximum atomic E-state index is 14.7. The Hall–Kier alpha value is -2.01. The minimum Gasteiger partial charge on any atom is -0.494 e. The van der Waals surface area contributed by atoms with Crippen LogP contribution in [0, 0.1) is 17.5 Å². The fraction of sp³-hybridized carbons (Fsp3) is 0.478. The molecule has 0 radical (unpaired) electrons. The highest BCUT2D eigenvalue weighted by atomic mass is 19.2. The molecule has 5 heteroatoms. The Kier molecular flexibility index (Phi) is 7.00. The van der Waals surface area contributed by atoms with E-state index < -0.39 is 17.5 Å². The first-order valence-electron chi connectivity index (χ1n) is 9.98. The van der Waals surface area contributed by atoms with Gasteiger partial charge in [0, 0.05) is 17.0 Å². The minimum atomic E-state index is -1.11. The predicted octanol–water partition coefficient (Wildman–Crippen LogP) is 6.62. The van der Waals surface area contributed by atoms with Gasteiger partial charge in [0.15, 0.2) is 11.6 Å². The van der Waals surface area contributed by atoms with Crippen LogP contribution >= 0.6 is 0 Å². The molecule has 0 N–H and O–H groups in total. The number of methoxy groups -OCH3 is 1. The zero-order valence-electron chi connectivity index (χ0n) is 16.4. The van der Waals surface area contributed by atoms with Crippen LogP contribution in [0.25, 0.3) is 11.1 Å². The number of hydrogen-bond donors (Lipinski definition) is 0. The molecule has 3 rings (SSSR count). The van der Waals surface area contributed by atoms with Gasteiger partial charge in [-0.1, -0.05) is 38.3 Å². The van der Waals surface area contributed by atoms with Crippen molar-refractivity contribution in [3.05, 3.63) is 53.3 Å². The summed E-state index contributed by atoms with van der Waals surface area (Å²) in [7, 11) is 1.26. The monoisotopic (exact) mass is 392 g/mol. The first-order valence-corrected chi connectivity index (χ1v) is 9.98. The van der Waals surface area contributed by atoms with Gasteiger partial charge in [-0.05, 0) is 43.0 Å². The van der Waals surface area contributed by atoms with Gasteiger partial charge in [0.2, 0.25) is 5.82 Å². The van der Waals surface area contributed by atoms with Gasteiger partial charge in [-0.15, -0.1) is 0 Å². The smallest absolute Gasteiger partial charge is 0.201 e. The van der Waals surface area contributed by atoms with E-state index in [0.717, 1.165) is 24.8 Å². The van der Waals surface area contributed by atoms with E-state index in [-0.39, 0.29) is 22.8 Å². The average molecular weight is 392 g/mol. The molecule has 28 heavy (non-hydrogen) atoms. The highest BCUT2D eigenvalue weighted by molar-refractivity contribution is 5.66. The molecule has 1 aliphatic heterocycles. The molecule has 0 bridgehead atoms. The number of unbranched alkanes of at least 4 members (excludes halogenated alkanes) is 2. The largest absolute Gasteiger partial charge is 0.494 e. The second-order valence-electron chi connectivity index (χ2n) is 7.41. The van der Waals surface area contributed by atoms with Crippen molar-refractivity contribution in [2.24, 2.45) is 0 Å². The zero-order valence-corrected chi connectivity index (χ0v) is 16.4. The molecule has 2 nitrogen and oxygen atoms in total. The van der Waals surface area contributed by atoms with Gasteiger partial charge in [0.1, 0.15) is 5.82 Å². The Morgan fingerprint density at radius 2 is 1.79 bits per heavy atom. The number of halogens is 3. The number of ether oxygens (including phenoxy) is 2. The molecule has 2 aromatic rings. The molecule has 0 aromatic heterocycles. The zero-order chi connectivity index (χ0) is 20.1. The molecule has 0 spiro atoms. The third-order valence-corrected chi connectivity index (χ3v) is 5.52. The lowest BCUT2D eigenvalue weighted by Crippen LogP contribution is -2.24. The van der Waals surface area contributed by atoms with Gasteiger partial charge in [-0.3, -0.25) is 0 Å². The van der Waals surface area contributed by atoms with Crippen molar-refractivity contribution < 1.29 is 22.6 Å². The summed E-state index contributed by atoms with van der Waals surface area (Å²) in [5.74, 6) is -2.86. The summed E-state index contributed by atoms with van der Waals surface area (Å²) >= 11 is 0. The van der Waals surface area contributed by atoms with Gasteiger partial charge in [0.25, 0.3) is 0 Å². The first-order chi connectivity index (χ1) is 13.5. The molecule has 1 saturated heterocycles. The second kappa shape index (κ2) is 9.46. The summed E-state index contributed by atoms with van der Waals surface area (Å²) in [6.07, 6.45) is 6.88. The summed E-state index contributed by atoms with van der Waals surface area (Å²) in [6.45, 7) is 2.75. The van der Waals surface area contributed by atoms with E-state index in [2.05, 4.69) is 6.92 Å². The summed E-state index contributed by atoms with van der Waals surface area (Å²) < 4.78 is 53.7. The highest BCUT2D eigenvalue weighted by Crippen LogP contribution is 2.35. The quantitative estimate of drug-likeness (QED) is 0.493. The van der Waals surface area contributed by atoms with Crippen molar-refractivity contribution in [3.8, 4) is 16.9 Å². The maximum Gasteiger partial charge on any atom is 0.201 e. The van der Waals surface area contributed by atoms with E-state index in [1.165, 1.54) is 50.6 Å². The van der Waals surface area contributed by atoms with Gasteiger partial charge in [0.05, 0.1) is 19.8 Å². The lowest BCUT2D eigenvalue weighted by Gasteiger charge is -2.29. The third-order valence-electron chi connectivity index (χ3n) is 5.52. The van der Waals surface area contributed by atoms with Crippen molar-refractivity contribution in [1.29, 1.82) is 0 Å². The van der Waals surface area contributed by atoms with Crippen LogP contribution in [0.15, 0.2) is 30.3 Å². The van der Waals surface area contributed by atoms with Crippen molar-refractivity contribution in [3.63, 3.8) is 0 Å². The average Bonchev–Trinajstić information content (AvgIpc) is 2.71. The Labute approximate surface area is 164 Å². The van der Waals surface area contributed by atoms with E-state index >= 15 is 0 Å². The molecule has 0 aliphatic carbocycles. The fourth-order valence-corrected chi connectivity index (χ4v) is 3.82. The van der Waals surface area contributed by atoms with Gasteiger partial charge in [-0.25, -0.2) is 8.78 Å². The summed E-state index contributed by atoms with van der Waals surface area (Å²) in [4.78, 5) is 0. The molecule has 2 aromatic carbocycles. The molecule has 152 valence electrons. The normalized spacial score (nSPS) is 19.6. The van der Waals surface area contributed by atoms with Crippen LogP contribution in [-0.4, -0.2) is 19.8 Å². The summed E-state index contributed by atoms with van der Waals surface area (Å²) in [5.41, 5.74) is 0.762. The number of rotatable bonds is 7. The van der Waals surface area contributed by atoms with E-state index in [1.807, 2.05) is 0 Å². The third kappa shape index (κ3) is 4.52. The Bertz CT molecular complexity index is 799. The van der Waals surface area contributed by atoms with E-state index in [0.29, 0.717) is 12.7 Å². The van der Waals surface area contributed by atoms with Crippen molar-refractivity contribution in [2.75, 3.05) is 13.7 Å². The topological polar surface area (TPSA) is 18.5 Å². The maximum absolute atomic E-state index is 14.7. The van der Waals surface area contributed by atoms with Crippen molar-refractivity contribution >= 4 is 0 Å². The SMILES string of the molecule is CCCCCC1CCC(c2ccc(-c3ccc(OC)c(F)c3F)c(F)c2)CO1. The minimum absolute atomic E-state index is 0.0389. The van der Waals surface area contributed by atoms with Crippen molar-refractivity contribution in [1.82, 2.24) is 0 Å². The molecule has 2 unspecified atom stereocenters. The van der Waals surface area contributed by atoms with Crippen LogP contribution < -0.4 is 4.74 Å². The van der Waals surface area contributed by atoms with Gasteiger partial charge >= 0.3 is 0 Å². The molecule has 0 saturated carbocycles. The Balaban J connectivity index is 1.71. The second-order valence-corrected chi connectivity index (χ2v) is 7.41. The highest BCUT2D eigenvalue weighted by Gasteiger charge is 2.24. The predicted molar refractivity (Wildman–Crippen MR) is 104 cm³/mol. The van der Waals surface area contributed by atoms with Crippen LogP contribution in [0.5, 0.6) is 5.75 Å². The van der Waals surface area contributed by atoms with E-state index in [4.69, 9.17) is 9.47 Å². The van der Waals surface area contributed by atoms with Crippen molar-refractivity contribution in [2.45, 2.75) is 57.5 Å². The molecule has 1 fully saturated rings. The van der Waals surface area contributed by atoms with Crippen LogP contribution in [0.3, 0.4) is 0 Å². The summed E-state index contributed by atoms with van der Waals surface area (Å²) in [6, 6.07) is 7.35. The lowest BCUT2D eigenvalue weighted by molar-refractivity contribution is -0.00211. The molecule has 1 heterocycles. The van der Waals surface area contributed by atoms with E-state index in [9.17, 15) is 13.2 Å². The Morgan fingerprint density at radius 1 is 1.00 bits per heavy atom. The van der Waals surface area contributed by atoms with Crippen LogP contribution in [-0.2, 0) is 4.74 Å². The molecule has 1 aliphatic rings. The standard InChI is InChI=1S/C23H27F3O2/c1-3-4-5-6-17-9-7-16(14-28-17)15-8-10-18(20(24)13-15)19-11-12-21(27-2)23(26)22(19)25/h8,10-13,16-17H,3-7,9,14H2,1-2H3. The van der Waals surface area contributed by atoms with E-state index in [1.54, 1.807) is 6.07 Å². The van der Waals surface area contributed by atoms with Gasteiger partial charge < -0.3 is 9.47 Å². The fourth-order valence-electron chi connectivity index (χ4n) is 3.82. The lowest BCUT2D eigenvalue weighted by atomic mass is 9.89. The molecular weight excluding hydrogens is 365 g/mol. The van der Waals surface area contributed by atoms with Crippen LogP contribution in [0.4, 0.5) is 13.2 Å². The molecule has 2 atom stereocenters. The number of hydrogen-bond acceptors (Lipinski definition) is 2. The molecule has 0 amide bonds. The number of benzene rings is 2. The first kappa shape index (κ1) is 20.7. The summed E-state index contributed by atoms with van der Waals surface area (Å²) in [5, 5.41) is 0. The van der Waals surface area contributed by atoms with Crippen LogP contribution in [0.1, 0.15) is 56.9 Å². The Morgan fingerprint density at radius 3 is 2.43 bits per heavy atom. The van der Waals surface area contributed by atoms with Crippen LogP contribution in [0.2, 0.25) is 0 Å².